The van der Waals surface area contributed by atoms with E-state index in [2.05, 4.69) is 20.7 Å². The summed E-state index contributed by atoms with van der Waals surface area (Å²) in [7, 11) is 0. The van der Waals surface area contributed by atoms with Crippen LogP contribution < -0.4 is 16.4 Å². The summed E-state index contributed by atoms with van der Waals surface area (Å²) in [6.45, 7) is 1.99. The highest BCUT2D eigenvalue weighted by atomic mass is 32.1. The second-order valence-corrected chi connectivity index (χ2v) is 7.63. The molecule has 2 aromatic heterocycles. The van der Waals surface area contributed by atoms with Crippen molar-refractivity contribution in [1.29, 1.82) is 0 Å². The standard InChI is InChI=1S/C19H20N6O2S/c20-17(26)15-10-14(24-25(15)13-4-2-1-3-5-13)18(27)23-19-22-11-16(28-19)12-6-8-21-9-7-12/h1-5,10-12,21H,6-9H2,(H2,20,26)(H,22,23,27). The minimum atomic E-state index is -0.655. The molecule has 28 heavy (non-hydrogen) atoms. The fourth-order valence-electron chi connectivity index (χ4n) is 3.23. The van der Waals surface area contributed by atoms with Gasteiger partial charge in [-0.15, -0.1) is 11.3 Å². The number of piperidine rings is 1. The highest BCUT2D eigenvalue weighted by Gasteiger charge is 2.21. The van der Waals surface area contributed by atoms with Crippen LogP contribution in [0, 0.1) is 0 Å². The van der Waals surface area contributed by atoms with Crippen molar-refractivity contribution in [2.45, 2.75) is 18.8 Å². The lowest BCUT2D eigenvalue weighted by Gasteiger charge is -2.20. The van der Waals surface area contributed by atoms with E-state index in [0.29, 0.717) is 16.7 Å². The molecule has 0 unspecified atom stereocenters. The summed E-state index contributed by atoms with van der Waals surface area (Å²) in [4.78, 5) is 29.9. The average Bonchev–Trinajstić information content (AvgIpc) is 3.37. The topological polar surface area (TPSA) is 115 Å². The van der Waals surface area contributed by atoms with Crippen molar-refractivity contribution >= 4 is 28.3 Å². The summed E-state index contributed by atoms with van der Waals surface area (Å²) in [5, 5.41) is 10.9. The SMILES string of the molecule is NC(=O)c1cc(C(=O)Nc2ncc(C3CCNCC3)s2)nn1-c1ccccc1. The summed E-state index contributed by atoms with van der Waals surface area (Å²) in [5.41, 5.74) is 6.36. The van der Waals surface area contributed by atoms with E-state index in [1.165, 1.54) is 27.0 Å². The molecule has 1 aliphatic rings. The molecule has 9 heteroatoms. The van der Waals surface area contributed by atoms with E-state index in [1.54, 1.807) is 12.1 Å². The Morgan fingerprint density at radius 3 is 2.68 bits per heavy atom. The number of aromatic nitrogens is 3. The zero-order valence-electron chi connectivity index (χ0n) is 15.1. The van der Waals surface area contributed by atoms with Gasteiger partial charge < -0.3 is 11.1 Å². The Bertz CT molecular complexity index is 991. The van der Waals surface area contributed by atoms with E-state index >= 15 is 0 Å². The van der Waals surface area contributed by atoms with Crippen molar-refractivity contribution in [3.63, 3.8) is 0 Å². The molecule has 1 aliphatic heterocycles. The third-order valence-corrected chi connectivity index (χ3v) is 5.76. The lowest BCUT2D eigenvalue weighted by Crippen LogP contribution is -2.26. The molecule has 1 aromatic carbocycles. The summed E-state index contributed by atoms with van der Waals surface area (Å²) in [6, 6.07) is 10.5. The molecule has 2 amide bonds. The van der Waals surface area contributed by atoms with Gasteiger partial charge in [-0.2, -0.15) is 5.10 Å². The fraction of sp³-hybridized carbons (Fsp3) is 0.263. The molecule has 1 saturated heterocycles. The Hall–Kier alpha value is -3.04. The Labute approximate surface area is 165 Å². The first kappa shape index (κ1) is 18.3. The van der Waals surface area contributed by atoms with Crippen molar-refractivity contribution in [3.05, 3.63) is 58.9 Å². The number of carbonyl (C=O) groups is 2. The molecule has 0 spiro atoms. The number of hydrogen-bond acceptors (Lipinski definition) is 6. The molecule has 0 bridgehead atoms. The molecule has 0 radical (unpaired) electrons. The van der Waals surface area contributed by atoms with Gasteiger partial charge in [0, 0.05) is 17.1 Å². The number of primary amides is 1. The molecule has 3 heterocycles. The van der Waals surface area contributed by atoms with E-state index in [-0.39, 0.29) is 11.4 Å². The van der Waals surface area contributed by atoms with Crippen LogP contribution in [0.15, 0.2) is 42.6 Å². The lowest BCUT2D eigenvalue weighted by atomic mass is 9.97. The van der Waals surface area contributed by atoms with Crippen LogP contribution >= 0.6 is 11.3 Å². The summed E-state index contributed by atoms with van der Waals surface area (Å²) < 4.78 is 1.37. The van der Waals surface area contributed by atoms with Crippen LogP contribution in [0.25, 0.3) is 5.69 Å². The molecule has 144 valence electrons. The Kier molecular flexibility index (Phi) is 5.18. The number of nitrogens with two attached hydrogens (primary N) is 1. The largest absolute Gasteiger partial charge is 0.364 e. The van der Waals surface area contributed by atoms with Crippen molar-refractivity contribution in [3.8, 4) is 5.69 Å². The van der Waals surface area contributed by atoms with Crippen molar-refractivity contribution in [1.82, 2.24) is 20.1 Å². The number of nitrogens with zero attached hydrogens (tertiary/aromatic N) is 3. The number of thiazole rings is 1. The maximum absolute atomic E-state index is 12.6. The molecule has 8 nitrogen and oxygen atoms in total. The molecule has 0 saturated carbocycles. The van der Waals surface area contributed by atoms with Gasteiger partial charge in [0.15, 0.2) is 10.8 Å². The molecule has 4 rings (SSSR count). The first-order valence-corrected chi connectivity index (χ1v) is 9.86. The van der Waals surface area contributed by atoms with E-state index in [9.17, 15) is 9.59 Å². The number of amides is 2. The van der Waals surface area contributed by atoms with Crippen LogP contribution in [0.2, 0.25) is 0 Å². The highest BCUT2D eigenvalue weighted by Crippen LogP contribution is 2.31. The van der Waals surface area contributed by atoms with E-state index in [1.807, 2.05) is 24.4 Å². The van der Waals surface area contributed by atoms with Crippen molar-refractivity contribution in [2.75, 3.05) is 18.4 Å². The minimum absolute atomic E-state index is 0.108. The van der Waals surface area contributed by atoms with Gasteiger partial charge >= 0.3 is 0 Å². The molecular weight excluding hydrogens is 376 g/mol. The second kappa shape index (κ2) is 7.91. The Morgan fingerprint density at radius 1 is 1.21 bits per heavy atom. The summed E-state index contributed by atoms with van der Waals surface area (Å²) >= 11 is 1.48. The van der Waals surface area contributed by atoms with E-state index < -0.39 is 11.8 Å². The number of nitrogens with one attached hydrogen (secondary N) is 2. The van der Waals surface area contributed by atoms with Crippen molar-refractivity contribution < 1.29 is 9.59 Å². The molecule has 0 atom stereocenters. The minimum Gasteiger partial charge on any atom is -0.364 e. The molecule has 1 fully saturated rings. The van der Waals surface area contributed by atoms with Crippen LogP contribution in [0.3, 0.4) is 0 Å². The summed E-state index contributed by atoms with van der Waals surface area (Å²) in [5.74, 6) is -0.607. The highest BCUT2D eigenvalue weighted by molar-refractivity contribution is 7.15. The van der Waals surface area contributed by atoms with Gasteiger partial charge in [-0.25, -0.2) is 9.67 Å². The van der Waals surface area contributed by atoms with Gasteiger partial charge in [-0.05, 0) is 44.0 Å². The van der Waals surface area contributed by atoms with Crippen LogP contribution in [-0.4, -0.2) is 39.7 Å². The van der Waals surface area contributed by atoms with Crippen LogP contribution in [0.4, 0.5) is 5.13 Å². The monoisotopic (exact) mass is 396 g/mol. The maximum atomic E-state index is 12.6. The Morgan fingerprint density at radius 2 is 1.96 bits per heavy atom. The van der Waals surface area contributed by atoms with Gasteiger partial charge in [-0.1, -0.05) is 18.2 Å². The molecular formula is C19H20N6O2S. The number of para-hydroxylation sites is 1. The number of benzene rings is 1. The molecule has 4 N–H and O–H groups in total. The molecule has 3 aromatic rings. The van der Waals surface area contributed by atoms with Crippen LogP contribution in [0.1, 0.15) is 44.6 Å². The summed E-state index contributed by atoms with van der Waals surface area (Å²) in [6.07, 6.45) is 3.96. The fourth-order valence-corrected chi connectivity index (χ4v) is 4.21. The number of rotatable bonds is 5. The number of anilines is 1. The third kappa shape index (κ3) is 3.80. The zero-order valence-corrected chi connectivity index (χ0v) is 15.9. The van der Waals surface area contributed by atoms with E-state index in [0.717, 1.165) is 25.9 Å². The smallest absolute Gasteiger partial charge is 0.277 e. The van der Waals surface area contributed by atoms with Gasteiger partial charge in [-0.3, -0.25) is 14.9 Å². The average molecular weight is 396 g/mol. The predicted molar refractivity (Wildman–Crippen MR) is 107 cm³/mol. The molecule has 0 aliphatic carbocycles. The van der Waals surface area contributed by atoms with Crippen LogP contribution in [0.5, 0.6) is 0 Å². The van der Waals surface area contributed by atoms with E-state index in [4.69, 9.17) is 5.73 Å². The first-order chi connectivity index (χ1) is 13.6. The normalized spacial score (nSPS) is 14.7. The van der Waals surface area contributed by atoms with Gasteiger partial charge in [0.1, 0.15) is 5.69 Å². The number of hydrogen-bond donors (Lipinski definition) is 3. The van der Waals surface area contributed by atoms with Gasteiger partial charge in [0.25, 0.3) is 11.8 Å². The lowest BCUT2D eigenvalue weighted by molar-refractivity contribution is 0.0991. The second-order valence-electron chi connectivity index (χ2n) is 6.57. The van der Waals surface area contributed by atoms with Crippen LogP contribution in [-0.2, 0) is 0 Å². The zero-order chi connectivity index (χ0) is 19.5. The number of carbonyl (C=O) groups excluding carboxylic acids is 2. The predicted octanol–water partition coefficient (Wildman–Crippen LogP) is 2.15. The van der Waals surface area contributed by atoms with Crippen molar-refractivity contribution in [2.24, 2.45) is 5.73 Å². The maximum Gasteiger partial charge on any atom is 0.277 e. The van der Waals surface area contributed by atoms with Gasteiger partial charge in [0.2, 0.25) is 0 Å². The first-order valence-electron chi connectivity index (χ1n) is 9.05. The van der Waals surface area contributed by atoms with Gasteiger partial charge in [0.05, 0.1) is 5.69 Å². The Balaban J connectivity index is 1.54. The third-order valence-electron chi connectivity index (χ3n) is 4.68. The quantitative estimate of drug-likeness (QED) is 0.611.